The molecule has 0 heterocycles. The summed E-state index contributed by atoms with van der Waals surface area (Å²) >= 11 is 0. The highest BCUT2D eigenvalue weighted by Crippen LogP contribution is 2.26. The van der Waals surface area contributed by atoms with Gasteiger partial charge >= 0.3 is 0 Å². The summed E-state index contributed by atoms with van der Waals surface area (Å²) in [4.78, 5) is 11.7. The molecule has 0 aliphatic heterocycles. The Labute approximate surface area is 111 Å². The van der Waals surface area contributed by atoms with Crippen molar-refractivity contribution in [3.05, 3.63) is 0 Å². The van der Waals surface area contributed by atoms with Gasteiger partial charge in [-0.1, -0.05) is 32.6 Å². The van der Waals surface area contributed by atoms with Gasteiger partial charge in [-0.3, -0.25) is 4.79 Å². The van der Waals surface area contributed by atoms with E-state index in [0.29, 0.717) is 19.1 Å². The molecule has 0 radical (unpaired) electrons. The predicted molar refractivity (Wildman–Crippen MR) is 73.3 cm³/mol. The normalized spacial score (nSPS) is 18.6. The molecule has 0 aromatic rings. The van der Waals surface area contributed by atoms with Crippen molar-refractivity contribution in [1.82, 2.24) is 5.32 Å². The van der Waals surface area contributed by atoms with E-state index in [1.807, 2.05) is 0 Å². The number of amides is 1. The van der Waals surface area contributed by atoms with Gasteiger partial charge in [-0.05, 0) is 25.2 Å². The topological polar surface area (TPSA) is 64.3 Å². The van der Waals surface area contributed by atoms with E-state index in [4.69, 9.17) is 10.5 Å². The van der Waals surface area contributed by atoms with Crippen molar-refractivity contribution < 1.29 is 9.53 Å². The molecule has 0 spiro atoms. The third-order valence-electron chi connectivity index (χ3n) is 3.69. The Kier molecular flexibility index (Phi) is 8.01. The standard InChI is InChI=1S/C14H28N2O2/c1-2-3-9-18-11-14(17)16-13(10-15)12-7-5-4-6-8-12/h12-13H,2-11,15H2,1H3,(H,16,17). The number of nitrogens with two attached hydrogens (primary N) is 1. The maximum absolute atomic E-state index is 11.7. The predicted octanol–water partition coefficient (Wildman–Crippen LogP) is 1.83. The van der Waals surface area contributed by atoms with Gasteiger partial charge in [0.2, 0.25) is 5.91 Å². The zero-order valence-corrected chi connectivity index (χ0v) is 11.6. The summed E-state index contributed by atoms with van der Waals surface area (Å²) in [6, 6.07) is 0.132. The van der Waals surface area contributed by atoms with Crippen molar-refractivity contribution >= 4 is 5.91 Å². The molecule has 106 valence electrons. The highest BCUT2D eigenvalue weighted by atomic mass is 16.5. The van der Waals surface area contributed by atoms with Crippen LogP contribution in [0.3, 0.4) is 0 Å². The Balaban J connectivity index is 2.22. The van der Waals surface area contributed by atoms with Gasteiger partial charge in [0.05, 0.1) is 0 Å². The lowest BCUT2D eigenvalue weighted by molar-refractivity contribution is -0.126. The lowest BCUT2D eigenvalue weighted by Gasteiger charge is -2.30. The fraction of sp³-hybridized carbons (Fsp3) is 0.929. The maximum atomic E-state index is 11.7. The summed E-state index contributed by atoms with van der Waals surface area (Å²) in [6.07, 6.45) is 8.35. The number of hydrogen-bond donors (Lipinski definition) is 2. The van der Waals surface area contributed by atoms with E-state index in [-0.39, 0.29) is 18.6 Å². The van der Waals surface area contributed by atoms with E-state index < -0.39 is 0 Å². The largest absolute Gasteiger partial charge is 0.372 e. The number of unbranched alkanes of at least 4 members (excludes halogenated alkanes) is 1. The number of rotatable bonds is 8. The second-order valence-electron chi connectivity index (χ2n) is 5.21. The fourth-order valence-electron chi connectivity index (χ4n) is 2.57. The van der Waals surface area contributed by atoms with Crippen LogP contribution in [0.15, 0.2) is 0 Å². The van der Waals surface area contributed by atoms with Crippen molar-refractivity contribution in [1.29, 1.82) is 0 Å². The van der Waals surface area contributed by atoms with E-state index in [1.54, 1.807) is 0 Å². The second-order valence-corrected chi connectivity index (χ2v) is 5.21. The molecule has 1 aliphatic carbocycles. The molecule has 1 aliphatic rings. The quantitative estimate of drug-likeness (QED) is 0.651. The fourth-order valence-corrected chi connectivity index (χ4v) is 2.57. The Morgan fingerprint density at radius 2 is 2.11 bits per heavy atom. The molecule has 1 rings (SSSR count). The second kappa shape index (κ2) is 9.34. The first-order chi connectivity index (χ1) is 8.77. The van der Waals surface area contributed by atoms with Crippen LogP contribution in [0.4, 0.5) is 0 Å². The summed E-state index contributed by atoms with van der Waals surface area (Å²) < 4.78 is 5.32. The van der Waals surface area contributed by atoms with Crippen LogP contribution >= 0.6 is 0 Å². The molecule has 18 heavy (non-hydrogen) atoms. The van der Waals surface area contributed by atoms with E-state index >= 15 is 0 Å². The molecule has 0 bridgehead atoms. The summed E-state index contributed by atoms with van der Waals surface area (Å²) in [5.74, 6) is 0.537. The van der Waals surface area contributed by atoms with Crippen LogP contribution in [-0.2, 0) is 9.53 Å². The van der Waals surface area contributed by atoms with Gasteiger partial charge in [0.25, 0.3) is 0 Å². The van der Waals surface area contributed by atoms with E-state index in [9.17, 15) is 4.79 Å². The van der Waals surface area contributed by atoms with Crippen molar-refractivity contribution in [3.8, 4) is 0 Å². The van der Waals surface area contributed by atoms with Crippen molar-refractivity contribution in [2.45, 2.75) is 57.9 Å². The Morgan fingerprint density at radius 1 is 1.39 bits per heavy atom. The first kappa shape index (κ1) is 15.4. The molecule has 0 aromatic heterocycles. The lowest BCUT2D eigenvalue weighted by Crippen LogP contribution is -2.47. The number of hydrogen-bond acceptors (Lipinski definition) is 3. The third kappa shape index (κ3) is 5.83. The first-order valence-electron chi connectivity index (χ1n) is 7.35. The average molecular weight is 256 g/mol. The Morgan fingerprint density at radius 3 is 2.72 bits per heavy atom. The zero-order valence-electron chi connectivity index (χ0n) is 11.6. The molecule has 0 saturated heterocycles. The molecule has 1 unspecified atom stereocenters. The van der Waals surface area contributed by atoms with Gasteiger partial charge in [0, 0.05) is 19.2 Å². The highest BCUT2D eigenvalue weighted by molar-refractivity contribution is 5.77. The molecule has 4 heteroatoms. The molecule has 3 N–H and O–H groups in total. The summed E-state index contributed by atoms with van der Waals surface area (Å²) in [6.45, 7) is 3.48. The lowest BCUT2D eigenvalue weighted by atomic mass is 9.84. The minimum atomic E-state index is -0.0212. The Hall–Kier alpha value is -0.610. The SMILES string of the molecule is CCCCOCC(=O)NC(CN)C1CCCCC1. The van der Waals surface area contributed by atoms with E-state index in [1.165, 1.54) is 32.1 Å². The van der Waals surface area contributed by atoms with Crippen LogP contribution in [0, 0.1) is 5.92 Å². The highest BCUT2D eigenvalue weighted by Gasteiger charge is 2.23. The maximum Gasteiger partial charge on any atom is 0.246 e. The molecule has 1 atom stereocenters. The van der Waals surface area contributed by atoms with Gasteiger partial charge in [0.1, 0.15) is 6.61 Å². The van der Waals surface area contributed by atoms with Crippen molar-refractivity contribution in [2.75, 3.05) is 19.8 Å². The summed E-state index contributed by atoms with van der Waals surface area (Å²) in [7, 11) is 0. The molecule has 0 aromatic carbocycles. The molecular formula is C14H28N2O2. The van der Waals surface area contributed by atoms with Gasteiger partial charge in [0.15, 0.2) is 0 Å². The zero-order chi connectivity index (χ0) is 13.2. The van der Waals surface area contributed by atoms with Crippen molar-refractivity contribution in [2.24, 2.45) is 11.7 Å². The summed E-state index contributed by atoms with van der Waals surface area (Å²) in [5, 5.41) is 3.02. The van der Waals surface area contributed by atoms with Crippen LogP contribution < -0.4 is 11.1 Å². The van der Waals surface area contributed by atoms with Gasteiger partial charge in [-0.2, -0.15) is 0 Å². The van der Waals surface area contributed by atoms with Crippen LogP contribution in [0.2, 0.25) is 0 Å². The van der Waals surface area contributed by atoms with E-state index in [2.05, 4.69) is 12.2 Å². The van der Waals surface area contributed by atoms with Gasteiger partial charge < -0.3 is 15.8 Å². The van der Waals surface area contributed by atoms with Gasteiger partial charge in [-0.15, -0.1) is 0 Å². The molecule has 4 nitrogen and oxygen atoms in total. The Bertz CT molecular complexity index is 228. The number of ether oxygens (including phenoxy) is 1. The minimum Gasteiger partial charge on any atom is -0.372 e. The van der Waals surface area contributed by atoms with Crippen LogP contribution in [0.5, 0.6) is 0 Å². The number of carbonyl (C=O) groups is 1. The average Bonchev–Trinajstić information content (AvgIpc) is 2.42. The molecule has 1 saturated carbocycles. The third-order valence-corrected chi connectivity index (χ3v) is 3.69. The summed E-state index contributed by atoms with van der Waals surface area (Å²) in [5.41, 5.74) is 5.77. The minimum absolute atomic E-state index is 0.0212. The smallest absolute Gasteiger partial charge is 0.246 e. The van der Waals surface area contributed by atoms with E-state index in [0.717, 1.165) is 12.8 Å². The van der Waals surface area contributed by atoms with Crippen LogP contribution in [0.25, 0.3) is 0 Å². The van der Waals surface area contributed by atoms with Crippen LogP contribution in [-0.4, -0.2) is 31.7 Å². The monoisotopic (exact) mass is 256 g/mol. The first-order valence-corrected chi connectivity index (χ1v) is 7.35. The number of nitrogens with one attached hydrogen (secondary N) is 1. The van der Waals surface area contributed by atoms with Gasteiger partial charge in [-0.25, -0.2) is 0 Å². The number of carbonyl (C=O) groups excluding carboxylic acids is 1. The molecule has 1 amide bonds. The van der Waals surface area contributed by atoms with Crippen LogP contribution in [0.1, 0.15) is 51.9 Å². The van der Waals surface area contributed by atoms with Crippen molar-refractivity contribution in [3.63, 3.8) is 0 Å². The molecular weight excluding hydrogens is 228 g/mol. The molecule has 1 fully saturated rings.